The summed E-state index contributed by atoms with van der Waals surface area (Å²) >= 11 is 0. The van der Waals surface area contributed by atoms with Gasteiger partial charge in [0.05, 0.1) is 11.5 Å². The lowest BCUT2D eigenvalue weighted by Gasteiger charge is -2.07. The molecule has 0 radical (unpaired) electrons. The van der Waals surface area contributed by atoms with E-state index in [0.717, 1.165) is 12.1 Å². The van der Waals surface area contributed by atoms with Gasteiger partial charge in [-0.3, -0.25) is 4.79 Å². The van der Waals surface area contributed by atoms with E-state index in [1.807, 2.05) is 0 Å². The lowest BCUT2D eigenvalue weighted by Crippen LogP contribution is -2.04. The van der Waals surface area contributed by atoms with Gasteiger partial charge in [-0.25, -0.2) is 0 Å². The number of benzene rings is 1. The number of carbonyl (C=O) groups is 1. The average molecular weight is 230 g/mol. The highest BCUT2D eigenvalue weighted by atomic mass is 19.4. The third kappa shape index (κ3) is 2.03. The molecule has 0 saturated heterocycles. The standard InChI is InChI=1S/C11H9F3O2/c12-11(13,14)7-3-1-6(2-4-7)8-5-9(8)10(15)16/h1-4,8-9H,5H2,(H,15,16). The fourth-order valence-corrected chi connectivity index (χ4v) is 1.76. The number of alkyl halides is 3. The van der Waals surface area contributed by atoms with Gasteiger partial charge in [0.15, 0.2) is 0 Å². The molecule has 1 aliphatic rings. The Morgan fingerprint density at radius 3 is 2.19 bits per heavy atom. The Bertz CT molecular complexity index is 408. The molecule has 1 aromatic carbocycles. The number of hydrogen-bond acceptors (Lipinski definition) is 1. The van der Waals surface area contributed by atoms with Crippen molar-refractivity contribution in [3.05, 3.63) is 35.4 Å². The third-order valence-electron chi connectivity index (χ3n) is 2.77. The molecule has 1 aromatic rings. The molecule has 2 unspecified atom stereocenters. The van der Waals surface area contributed by atoms with Crippen LogP contribution in [0.1, 0.15) is 23.5 Å². The van der Waals surface area contributed by atoms with Gasteiger partial charge in [-0.15, -0.1) is 0 Å². The van der Waals surface area contributed by atoms with E-state index in [1.165, 1.54) is 12.1 Å². The van der Waals surface area contributed by atoms with Crippen LogP contribution in [0.25, 0.3) is 0 Å². The van der Waals surface area contributed by atoms with Crippen molar-refractivity contribution in [1.82, 2.24) is 0 Å². The van der Waals surface area contributed by atoms with Crippen LogP contribution in [-0.4, -0.2) is 11.1 Å². The van der Waals surface area contributed by atoms with Crippen LogP contribution in [-0.2, 0) is 11.0 Å². The minimum atomic E-state index is -4.34. The second kappa shape index (κ2) is 3.50. The van der Waals surface area contributed by atoms with Crippen LogP contribution in [0.2, 0.25) is 0 Å². The molecule has 0 heterocycles. The van der Waals surface area contributed by atoms with E-state index in [9.17, 15) is 18.0 Å². The molecule has 1 fully saturated rings. The molecule has 0 amide bonds. The number of rotatable bonds is 2. The van der Waals surface area contributed by atoms with Gasteiger partial charge in [-0.1, -0.05) is 12.1 Å². The minimum absolute atomic E-state index is 0.125. The highest BCUT2D eigenvalue weighted by Crippen LogP contribution is 2.47. The van der Waals surface area contributed by atoms with E-state index in [-0.39, 0.29) is 5.92 Å². The molecule has 2 atom stereocenters. The predicted molar refractivity (Wildman–Crippen MR) is 49.9 cm³/mol. The summed E-state index contributed by atoms with van der Waals surface area (Å²) in [6, 6.07) is 4.70. The second-order valence-electron chi connectivity index (χ2n) is 3.91. The zero-order valence-electron chi connectivity index (χ0n) is 8.16. The topological polar surface area (TPSA) is 37.3 Å². The molecule has 1 saturated carbocycles. The number of aliphatic carboxylic acids is 1. The molecular formula is C11H9F3O2. The van der Waals surface area contributed by atoms with Crippen LogP contribution in [0.15, 0.2) is 24.3 Å². The molecular weight excluding hydrogens is 221 g/mol. The van der Waals surface area contributed by atoms with Crippen molar-refractivity contribution in [2.45, 2.75) is 18.5 Å². The van der Waals surface area contributed by atoms with Crippen molar-refractivity contribution in [1.29, 1.82) is 0 Å². The number of carboxylic acids is 1. The van der Waals surface area contributed by atoms with Gasteiger partial charge in [-0.2, -0.15) is 13.2 Å². The van der Waals surface area contributed by atoms with Crippen LogP contribution in [0, 0.1) is 5.92 Å². The summed E-state index contributed by atoms with van der Waals surface area (Å²) in [5.74, 6) is -1.44. The maximum Gasteiger partial charge on any atom is 0.416 e. The van der Waals surface area contributed by atoms with Crippen molar-refractivity contribution >= 4 is 5.97 Å². The summed E-state index contributed by atoms with van der Waals surface area (Å²) in [5, 5.41) is 8.69. The van der Waals surface area contributed by atoms with Gasteiger partial charge < -0.3 is 5.11 Å². The Kier molecular flexibility index (Phi) is 2.40. The first-order valence-electron chi connectivity index (χ1n) is 4.79. The first kappa shape index (κ1) is 11.0. The van der Waals surface area contributed by atoms with Crippen molar-refractivity contribution in [3.63, 3.8) is 0 Å². The van der Waals surface area contributed by atoms with Gasteiger partial charge in [0.2, 0.25) is 0 Å². The SMILES string of the molecule is O=C(O)C1CC1c1ccc(C(F)(F)F)cc1. The highest BCUT2D eigenvalue weighted by Gasteiger charge is 2.44. The molecule has 16 heavy (non-hydrogen) atoms. The van der Waals surface area contributed by atoms with Gasteiger partial charge in [0.25, 0.3) is 0 Å². The summed E-state index contributed by atoms with van der Waals surface area (Å²) in [4.78, 5) is 10.6. The van der Waals surface area contributed by atoms with Crippen LogP contribution in [0.3, 0.4) is 0 Å². The Labute approximate surface area is 89.7 Å². The summed E-state index contributed by atoms with van der Waals surface area (Å²) in [6.45, 7) is 0. The van der Waals surface area contributed by atoms with Crippen LogP contribution in [0.4, 0.5) is 13.2 Å². The predicted octanol–water partition coefficient (Wildman–Crippen LogP) is 2.89. The average Bonchev–Trinajstić information content (AvgIpc) is 2.96. The maximum atomic E-state index is 12.2. The molecule has 2 nitrogen and oxygen atoms in total. The fourth-order valence-electron chi connectivity index (χ4n) is 1.76. The Balaban J connectivity index is 2.13. The largest absolute Gasteiger partial charge is 0.481 e. The van der Waals surface area contributed by atoms with Gasteiger partial charge in [0.1, 0.15) is 0 Å². The van der Waals surface area contributed by atoms with E-state index in [0.29, 0.717) is 12.0 Å². The molecule has 0 aromatic heterocycles. The van der Waals surface area contributed by atoms with Crippen molar-refractivity contribution < 1.29 is 23.1 Å². The monoisotopic (exact) mass is 230 g/mol. The van der Waals surface area contributed by atoms with Crippen LogP contribution < -0.4 is 0 Å². The summed E-state index contributed by atoms with van der Waals surface area (Å²) in [6.07, 6.45) is -3.82. The van der Waals surface area contributed by atoms with Crippen LogP contribution >= 0.6 is 0 Å². The second-order valence-corrected chi connectivity index (χ2v) is 3.91. The quantitative estimate of drug-likeness (QED) is 0.848. The first-order valence-corrected chi connectivity index (χ1v) is 4.79. The smallest absolute Gasteiger partial charge is 0.416 e. The zero-order valence-corrected chi connectivity index (χ0v) is 8.16. The molecule has 2 rings (SSSR count). The minimum Gasteiger partial charge on any atom is -0.481 e. The number of carboxylic acid groups (broad SMARTS) is 1. The zero-order chi connectivity index (χ0) is 11.9. The van der Waals surface area contributed by atoms with E-state index >= 15 is 0 Å². The van der Waals surface area contributed by atoms with E-state index < -0.39 is 23.6 Å². The molecule has 1 aliphatic carbocycles. The first-order chi connectivity index (χ1) is 7.39. The number of hydrogen-bond donors (Lipinski definition) is 1. The van der Waals surface area contributed by atoms with Gasteiger partial charge in [0, 0.05) is 0 Å². The van der Waals surface area contributed by atoms with E-state index in [2.05, 4.69) is 0 Å². The summed E-state index contributed by atoms with van der Waals surface area (Å²) in [7, 11) is 0. The summed E-state index contributed by atoms with van der Waals surface area (Å²) in [5.41, 5.74) is -0.0378. The molecule has 0 spiro atoms. The normalized spacial score (nSPS) is 24.2. The highest BCUT2D eigenvalue weighted by molar-refractivity contribution is 5.75. The lowest BCUT2D eigenvalue weighted by molar-refractivity contribution is -0.139. The Hall–Kier alpha value is -1.52. The fraction of sp³-hybridized carbons (Fsp3) is 0.364. The van der Waals surface area contributed by atoms with E-state index in [1.54, 1.807) is 0 Å². The molecule has 86 valence electrons. The molecule has 1 N–H and O–H groups in total. The van der Waals surface area contributed by atoms with Crippen molar-refractivity contribution in [3.8, 4) is 0 Å². The van der Waals surface area contributed by atoms with Gasteiger partial charge in [-0.05, 0) is 30.0 Å². The van der Waals surface area contributed by atoms with Crippen molar-refractivity contribution in [2.24, 2.45) is 5.92 Å². The number of halogens is 3. The molecule has 5 heteroatoms. The maximum absolute atomic E-state index is 12.2. The summed E-state index contributed by atoms with van der Waals surface area (Å²) < 4.78 is 36.7. The molecule has 0 aliphatic heterocycles. The Morgan fingerprint density at radius 2 is 1.81 bits per heavy atom. The van der Waals surface area contributed by atoms with E-state index in [4.69, 9.17) is 5.11 Å². The van der Waals surface area contributed by atoms with Gasteiger partial charge >= 0.3 is 12.1 Å². The Morgan fingerprint density at radius 1 is 1.25 bits per heavy atom. The lowest BCUT2D eigenvalue weighted by atomic mass is 10.1. The van der Waals surface area contributed by atoms with Crippen molar-refractivity contribution in [2.75, 3.05) is 0 Å². The molecule has 0 bridgehead atoms. The third-order valence-corrected chi connectivity index (χ3v) is 2.77. The van der Waals surface area contributed by atoms with Crippen LogP contribution in [0.5, 0.6) is 0 Å².